The van der Waals surface area contributed by atoms with Crippen molar-refractivity contribution < 1.29 is 18.3 Å². The summed E-state index contributed by atoms with van der Waals surface area (Å²) >= 11 is 1.48. The van der Waals surface area contributed by atoms with Gasteiger partial charge in [-0.15, -0.1) is 11.3 Å². The van der Waals surface area contributed by atoms with Gasteiger partial charge in [0.05, 0.1) is 11.4 Å². The Bertz CT molecular complexity index is 624. The van der Waals surface area contributed by atoms with Crippen LogP contribution in [0.25, 0.3) is 0 Å². The number of aliphatic carboxylic acids is 1. The number of hydrogen-bond donors (Lipinski definition) is 1. The van der Waals surface area contributed by atoms with Gasteiger partial charge in [-0.3, -0.25) is 9.69 Å². The van der Waals surface area contributed by atoms with Crippen molar-refractivity contribution in [3.63, 3.8) is 0 Å². The minimum atomic E-state index is -3.48. The normalized spacial score (nSPS) is 18.6. The molecule has 0 atom stereocenters. The summed E-state index contributed by atoms with van der Waals surface area (Å²) in [4.78, 5) is 14.7. The van der Waals surface area contributed by atoms with Crippen molar-refractivity contribution >= 4 is 27.3 Å². The number of rotatable bonds is 4. The van der Waals surface area contributed by atoms with E-state index in [9.17, 15) is 13.2 Å². The molecule has 21 heavy (non-hydrogen) atoms. The van der Waals surface area contributed by atoms with E-state index in [0.29, 0.717) is 37.5 Å². The highest BCUT2D eigenvalue weighted by atomic mass is 32.2. The van der Waals surface area contributed by atoms with Crippen LogP contribution in [0, 0.1) is 13.8 Å². The highest BCUT2D eigenvalue weighted by molar-refractivity contribution is 7.89. The molecule has 1 N–H and O–H groups in total. The molecule has 0 radical (unpaired) electrons. The van der Waals surface area contributed by atoms with Gasteiger partial charge in [0.15, 0.2) is 0 Å². The van der Waals surface area contributed by atoms with Crippen LogP contribution in [-0.4, -0.2) is 61.4 Å². The Balaban J connectivity index is 2.14. The molecular weight excluding hydrogens is 312 g/mol. The SMILES string of the molecule is Cc1cc(S(=O)(=O)N2CCCN(CC(=O)O)CC2)c(C)s1. The zero-order valence-electron chi connectivity index (χ0n) is 12.2. The quantitative estimate of drug-likeness (QED) is 0.895. The van der Waals surface area contributed by atoms with Crippen LogP contribution in [0.3, 0.4) is 0 Å². The second-order valence-corrected chi connectivity index (χ2v) is 8.57. The van der Waals surface area contributed by atoms with Crippen LogP contribution in [0.5, 0.6) is 0 Å². The summed E-state index contributed by atoms with van der Waals surface area (Å²) in [6, 6.07) is 1.72. The van der Waals surface area contributed by atoms with Crippen LogP contribution in [0.4, 0.5) is 0 Å². The topological polar surface area (TPSA) is 77.9 Å². The van der Waals surface area contributed by atoms with E-state index in [1.165, 1.54) is 15.6 Å². The molecule has 1 aromatic heterocycles. The monoisotopic (exact) mass is 332 g/mol. The zero-order chi connectivity index (χ0) is 15.6. The second kappa shape index (κ2) is 6.43. The maximum absolute atomic E-state index is 12.7. The maximum atomic E-state index is 12.7. The zero-order valence-corrected chi connectivity index (χ0v) is 13.8. The number of carbonyl (C=O) groups is 1. The van der Waals surface area contributed by atoms with Crippen molar-refractivity contribution in [2.75, 3.05) is 32.7 Å². The van der Waals surface area contributed by atoms with E-state index >= 15 is 0 Å². The summed E-state index contributed by atoms with van der Waals surface area (Å²) < 4.78 is 26.9. The van der Waals surface area contributed by atoms with E-state index in [1.54, 1.807) is 11.0 Å². The maximum Gasteiger partial charge on any atom is 0.317 e. The lowest BCUT2D eigenvalue weighted by atomic mass is 10.4. The Morgan fingerprint density at radius 3 is 2.57 bits per heavy atom. The fraction of sp³-hybridized carbons (Fsp3) is 0.615. The number of carboxylic acid groups (broad SMARTS) is 1. The molecule has 0 spiro atoms. The van der Waals surface area contributed by atoms with Crippen LogP contribution >= 0.6 is 11.3 Å². The van der Waals surface area contributed by atoms with Gasteiger partial charge in [0.2, 0.25) is 10.0 Å². The lowest BCUT2D eigenvalue weighted by Crippen LogP contribution is -2.36. The van der Waals surface area contributed by atoms with Crippen LogP contribution < -0.4 is 0 Å². The Morgan fingerprint density at radius 2 is 2.00 bits per heavy atom. The highest BCUT2D eigenvalue weighted by Crippen LogP contribution is 2.28. The first-order valence-corrected chi connectivity index (χ1v) is 9.07. The van der Waals surface area contributed by atoms with Crippen LogP contribution in [-0.2, 0) is 14.8 Å². The number of thiophene rings is 1. The molecular formula is C13H20N2O4S2. The molecule has 2 rings (SSSR count). The third-order valence-corrected chi connectivity index (χ3v) is 6.64. The van der Waals surface area contributed by atoms with Crippen LogP contribution in [0.1, 0.15) is 16.2 Å². The minimum absolute atomic E-state index is 0.0372. The van der Waals surface area contributed by atoms with Crippen molar-refractivity contribution in [3.05, 3.63) is 15.8 Å². The number of nitrogens with zero attached hydrogens (tertiary/aromatic N) is 2. The van der Waals surface area contributed by atoms with E-state index in [4.69, 9.17) is 5.11 Å². The first-order valence-electron chi connectivity index (χ1n) is 6.82. The average molecular weight is 332 g/mol. The first kappa shape index (κ1) is 16.4. The van der Waals surface area contributed by atoms with Crippen molar-refractivity contribution in [3.8, 4) is 0 Å². The van der Waals surface area contributed by atoms with E-state index in [0.717, 1.165) is 9.75 Å². The lowest BCUT2D eigenvalue weighted by Gasteiger charge is -2.20. The molecule has 0 aliphatic carbocycles. The molecule has 1 saturated heterocycles. The summed E-state index contributed by atoms with van der Waals surface area (Å²) in [5, 5.41) is 8.83. The van der Waals surface area contributed by atoms with Crippen molar-refractivity contribution in [2.45, 2.75) is 25.2 Å². The third-order valence-electron chi connectivity index (χ3n) is 3.52. The summed E-state index contributed by atoms with van der Waals surface area (Å²) in [5.74, 6) is -0.879. The summed E-state index contributed by atoms with van der Waals surface area (Å²) in [7, 11) is -3.48. The van der Waals surface area contributed by atoms with Gasteiger partial charge in [-0.1, -0.05) is 0 Å². The van der Waals surface area contributed by atoms with E-state index in [1.807, 2.05) is 13.8 Å². The molecule has 1 aromatic rings. The Labute approximate surface area is 129 Å². The van der Waals surface area contributed by atoms with E-state index < -0.39 is 16.0 Å². The molecule has 118 valence electrons. The molecule has 0 aromatic carbocycles. The first-order chi connectivity index (χ1) is 9.80. The smallest absolute Gasteiger partial charge is 0.317 e. The van der Waals surface area contributed by atoms with Gasteiger partial charge in [0, 0.05) is 35.9 Å². The number of sulfonamides is 1. The van der Waals surface area contributed by atoms with Gasteiger partial charge in [0.25, 0.3) is 0 Å². The van der Waals surface area contributed by atoms with Crippen molar-refractivity contribution in [2.24, 2.45) is 0 Å². The predicted octanol–water partition coefficient (Wildman–Crippen LogP) is 1.15. The number of carboxylic acids is 1. The third kappa shape index (κ3) is 3.82. The Hall–Kier alpha value is -0.960. The van der Waals surface area contributed by atoms with E-state index in [2.05, 4.69) is 0 Å². The fourth-order valence-corrected chi connectivity index (χ4v) is 5.53. The van der Waals surface area contributed by atoms with Crippen LogP contribution in [0.15, 0.2) is 11.0 Å². The van der Waals surface area contributed by atoms with Gasteiger partial charge < -0.3 is 5.11 Å². The summed E-state index contributed by atoms with van der Waals surface area (Å²) in [6.07, 6.45) is 0.647. The summed E-state index contributed by atoms with van der Waals surface area (Å²) in [5.41, 5.74) is 0. The minimum Gasteiger partial charge on any atom is -0.480 e. The van der Waals surface area contributed by atoms with E-state index in [-0.39, 0.29) is 6.54 Å². The molecule has 2 heterocycles. The summed E-state index contributed by atoms with van der Waals surface area (Å²) in [6.45, 7) is 5.52. The second-order valence-electron chi connectivity index (χ2n) is 5.21. The predicted molar refractivity (Wildman–Crippen MR) is 81.2 cm³/mol. The molecule has 0 bridgehead atoms. The van der Waals surface area contributed by atoms with Crippen LogP contribution in [0.2, 0.25) is 0 Å². The van der Waals surface area contributed by atoms with Crippen molar-refractivity contribution in [1.29, 1.82) is 0 Å². The van der Waals surface area contributed by atoms with Gasteiger partial charge in [-0.05, 0) is 26.3 Å². The molecule has 1 aliphatic rings. The lowest BCUT2D eigenvalue weighted by molar-refractivity contribution is -0.138. The van der Waals surface area contributed by atoms with Crippen molar-refractivity contribution in [1.82, 2.24) is 9.21 Å². The standard InChI is InChI=1S/C13H20N2O4S2/c1-10-8-12(11(2)20-10)21(18,19)15-5-3-4-14(6-7-15)9-13(16)17/h8H,3-7,9H2,1-2H3,(H,16,17). The molecule has 0 unspecified atom stereocenters. The molecule has 8 heteroatoms. The molecule has 0 amide bonds. The average Bonchev–Trinajstić information content (AvgIpc) is 2.60. The van der Waals surface area contributed by atoms with Gasteiger partial charge in [-0.2, -0.15) is 4.31 Å². The Kier molecular flexibility index (Phi) is 5.03. The van der Waals surface area contributed by atoms with Gasteiger partial charge in [0.1, 0.15) is 0 Å². The Morgan fingerprint density at radius 1 is 1.29 bits per heavy atom. The van der Waals surface area contributed by atoms with Gasteiger partial charge >= 0.3 is 5.97 Å². The largest absolute Gasteiger partial charge is 0.480 e. The number of aryl methyl sites for hydroxylation is 2. The molecule has 1 aliphatic heterocycles. The molecule has 0 saturated carbocycles. The number of hydrogen-bond acceptors (Lipinski definition) is 5. The molecule has 6 nitrogen and oxygen atoms in total. The molecule has 1 fully saturated rings. The highest BCUT2D eigenvalue weighted by Gasteiger charge is 2.29. The van der Waals surface area contributed by atoms with Gasteiger partial charge in [-0.25, -0.2) is 8.42 Å². The fourth-order valence-electron chi connectivity index (χ4n) is 2.54.